The topological polar surface area (TPSA) is 66.5 Å². The lowest BCUT2D eigenvalue weighted by atomic mass is 10.1. The van der Waals surface area contributed by atoms with Crippen LogP contribution >= 0.6 is 0 Å². The summed E-state index contributed by atoms with van der Waals surface area (Å²) >= 11 is 0. The first-order valence-corrected chi connectivity index (χ1v) is 10.1. The van der Waals surface area contributed by atoms with Crippen LogP contribution in [-0.4, -0.2) is 55.9 Å². The van der Waals surface area contributed by atoms with Crippen LogP contribution in [0.5, 0.6) is 0 Å². The summed E-state index contributed by atoms with van der Waals surface area (Å²) in [5.41, 5.74) is 0. The highest BCUT2D eigenvalue weighted by Crippen LogP contribution is 2.30. The van der Waals surface area contributed by atoms with Gasteiger partial charge in [-0.25, -0.2) is 8.42 Å². The van der Waals surface area contributed by atoms with Gasteiger partial charge in [-0.05, 0) is 44.4 Å². The summed E-state index contributed by atoms with van der Waals surface area (Å²) < 4.78 is 22.9. The van der Waals surface area contributed by atoms with Crippen molar-refractivity contribution in [2.24, 2.45) is 5.92 Å². The van der Waals surface area contributed by atoms with Gasteiger partial charge in [0.25, 0.3) is 0 Å². The third-order valence-corrected chi connectivity index (χ3v) is 6.72. The first-order valence-electron chi connectivity index (χ1n) is 8.26. The van der Waals surface area contributed by atoms with Crippen molar-refractivity contribution in [2.75, 3.05) is 24.6 Å². The van der Waals surface area contributed by atoms with Crippen LogP contribution < -0.4 is 5.32 Å². The van der Waals surface area contributed by atoms with E-state index in [-0.39, 0.29) is 0 Å². The third kappa shape index (κ3) is 4.42. The first kappa shape index (κ1) is 15.3. The van der Waals surface area contributed by atoms with Gasteiger partial charge in [0.1, 0.15) is 9.84 Å². The standard InChI is InChI=1S/C15H26N2O3S/c18-15-4-3-13(5-8-17(15)11-12-1-2-12)16-14-6-9-21(19,20)10-7-14/h12-14,16H,1-11H2/t13-/m0/s1. The number of rotatable bonds is 4. The van der Waals surface area contributed by atoms with Crippen molar-refractivity contribution in [3.63, 3.8) is 0 Å². The van der Waals surface area contributed by atoms with Gasteiger partial charge in [-0.1, -0.05) is 0 Å². The van der Waals surface area contributed by atoms with Crippen LogP contribution in [0, 0.1) is 5.92 Å². The molecule has 2 heterocycles. The molecule has 2 saturated heterocycles. The lowest BCUT2D eigenvalue weighted by Gasteiger charge is -2.28. The minimum atomic E-state index is -2.79. The second-order valence-corrected chi connectivity index (χ2v) is 9.20. The summed E-state index contributed by atoms with van der Waals surface area (Å²) in [7, 11) is -2.79. The summed E-state index contributed by atoms with van der Waals surface area (Å²) in [6, 6.07) is 0.674. The molecule has 0 aromatic heterocycles. The maximum Gasteiger partial charge on any atom is 0.222 e. The van der Waals surface area contributed by atoms with E-state index in [1.807, 2.05) is 4.90 Å². The van der Waals surface area contributed by atoms with Crippen LogP contribution in [0.1, 0.15) is 44.9 Å². The second-order valence-electron chi connectivity index (χ2n) is 6.90. The van der Waals surface area contributed by atoms with Crippen molar-refractivity contribution < 1.29 is 13.2 Å². The fourth-order valence-corrected chi connectivity index (χ4v) is 4.89. The number of sulfone groups is 1. The van der Waals surface area contributed by atoms with Crippen molar-refractivity contribution in [2.45, 2.75) is 57.0 Å². The molecule has 1 saturated carbocycles. The molecular weight excluding hydrogens is 288 g/mol. The van der Waals surface area contributed by atoms with Crippen LogP contribution in [0.3, 0.4) is 0 Å². The van der Waals surface area contributed by atoms with E-state index in [0.29, 0.717) is 35.9 Å². The van der Waals surface area contributed by atoms with E-state index in [2.05, 4.69) is 5.32 Å². The molecule has 0 unspecified atom stereocenters. The number of nitrogens with zero attached hydrogens (tertiary/aromatic N) is 1. The van der Waals surface area contributed by atoms with Gasteiger partial charge in [-0.3, -0.25) is 4.79 Å². The SMILES string of the molecule is O=C1CC[C@H](NC2CCS(=O)(=O)CC2)CCN1CC1CC1. The zero-order chi connectivity index (χ0) is 14.9. The van der Waals surface area contributed by atoms with E-state index in [9.17, 15) is 13.2 Å². The maximum absolute atomic E-state index is 12.1. The molecule has 1 atom stereocenters. The van der Waals surface area contributed by atoms with Crippen LogP contribution in [0.15, 0.2) is 0 Å². The molecule has 1 N–H and O–H groups in total. The minimum Gasteiger partial charge on any atom is -0.342 e. The molecule has 0 bridgehead atoms. The predicted molar refractivity (Wildman–Crippen MR) is 81.8 cm³/mol. The molecule has 0 spiro atoms. The Labute approximate surface area is 127 Å². The molecule has 21 heavy (non-hydrogen) atoms. The minimum absolute atomic E-state index is 0.303. The predicted octanol–water partition coefficient (Wildman–Crippen LogP) is 0.944. The molecule has 0 aromatic rings. The summed E-state index contributed by atoms with van der Waals surface area (Å²) in [5.74, 6) is 1.67. The highest BCUT2D eigenvalue weighted by molar-refractivity contribution is 7.91. The van der Waals surface area contributed by atoms with Gasteiger partial charge in [-0.15, -0.1) is 0 Å². The average Bonchev–Trinajstić information content (AvgIpc) is 3.26. The van der Waals surface area contributed by atoms with Gasteiger partial charge in [-0.2, -0.15) is 0 Å². The monoisotopic (exact) mass is 314 g/mol. The van der Waals surface area contributed by atoms with Gasteiger partial charge in [0.05, 0.1) is 11.5 Å². The lowest BCUT2D eigenvalue weighted by Crippen LogP contribution is -2.43. The molecule has 6 heteroatoms. The summed E-state index contributed by atoms with van der Waals surface area (Å²) in [4.78, 5) is 14.2. The van der Waals surface area contributed by atoms with E-state index in [0.717, 1.165) is 44.7 Å². The largest absolute Gasteiger partial charge is 0.342 e. The highest BCUT2D eigenvalue weighted by atomic mass is 32.2. The molecule has 3 rings (SSSR count). The van der Waals surface area contributed by atoms with Crippen molar-refractivity contribution in [1.82, 2.24) is 10.2 Å². The summed E-state index contributed by atoms with van der Waals surface area (Å²) in [6.07, 6.45) is 6.53. The van der Waals surface area contributed by atoms with E-state index in [4.69, 9.17) is 0 Å². The van der Waals surface area contributed by atoms with Gasteiger partial charge in [0.15, 0.2) is 0 Å². The van der Waals surface area contributed by atoms with Gasteiger partial charge in [0.2, 0.25) is 5.91 Å². The molecule has 3 aliphatic rings. The molecule has 0 radical (unpaired) electrons. The van der Waals surface area contributed by atoms with Crippen molar-refractivity contribution in [3.05, 3.63) is 0 Å². The lowest BCUT2D eigenvalue weighted by molar-refractivity contribution is -0.130. The van der Waals surface area contributed by atoms with Gasteiger partial charge >= 0.3 is 0 Å². The van der Waals surface area contributed by atoms with Crippen molar-refractivity contribution in [1.29, 1.82) is 0 Å². The Hall–Kier alpha value is -0.620. The zero-order valence-electron chi connectivity index (χ0n) is 12.6. The zero-order valence-corrected chi connectivity index (χ0v) is 13.4. The Morgan fingerprint density at radius 2 is 1.67 bits per heavy atom. The number of nitrogens with one attached hydrogen (secondary N) is 1. The van der Waals surface area contributed by atoms with Crippen LogP contribution in [0.25, 0.3) is 0 Å². The summed E-state index contributed by atoms with van der Waals surface area (Å²) in [5, 5.41) is 3.60. The number of likely N-dealkylation sites (tertiary alicyclic amines) is 1. The molecule has 2 aliphatic heterocycles. The summed E-state index contributed by atoms with van der Waals surface area (Å²) in [6.45, 7) is 1.81. The molecular formula is C15H26N2O3S. The highest BCUT2D eigenvalue weighted by Gasteiger charge is 2.30. The van der Waals surface area contributed by atoms with E-state index in [1.165, 1.54) is 12.8 Å². The van der Waals surface area contributed by atoms with Crippen molar-refractivity contribution >= 4 is 15.7 Å². The number of carbonyl (C=O) groups excluding carboxylic acids is 1. The quantitative estimate of drug-likeness (QED) is 0.839. The van der Waals surface area contributed by atoms with Crippen molar-refractivity contribution in [3.8, 4) is 0 Å². The molecule has 120 valence electrons. The van der Waals surface area contributed by atoms with Crippen LogP contribution in [0.2, 0.25) is 0 Å². The van der Waals surface area contributed by atoms with E-state index in [1.54, 1.807) is 0 Å². The maximum atomic E-state index is 12.1. The Kier molecular flexibility index (Phi) is 4.54. The Bertz CT molecular complexity index is 473. The Morgan fingerprint density at radius 3 is 2.33 bits per heavy atom. The first-order chi connectivity index (χ1) is 10.0. The smallest absolute Gasteiger partial charge is 0.222 e. The fraction of sp³-hybridized carbons (Fsp3) is 0.933. The number of hydrogen-bond donors (Lipinski definition) is 1. The molecule has 1 amide bonds. The van der Waals surface area contributed by atoms with Crippen LogP contribution in [-0.2, 0) is 14.6 Å². The number of hydrogen-bond acceptors (Lipinski definition) is 4. The van der Waals surface area contributed by atoms with E-state index >= 15 is 0 Å². The van der Waals surface area contributed by atoms with Gasteiger partial charge in [0, 0.05) is 31.6 Å². The normalized spacial score (nSPS) is 31.1. The van der Waals surface area contributed by atoms with Gasteiger partial charge < -0.3 is 10.2 Å². The van der Waals surface area contributed by atoms with Crippen LogP contribution in [0.4, 0.5) is 0 Å². The molecule has 1 aliphatic carbocycles. The molecule has 0 aromatic carbocycles. The average molecular weight is 314 g/mol. The number of amides is 1. The third-order valence-electron chi connectivity index (χ3n) is 5.01. The fourth-order valence-electron chi connectivity index (χ4n) is 3.40. The Morgan fingerprint density at radius 1 is 1.00 bits per heavy atom. The Balaban J connectivity index is 1.47. The van der Waals surface area contributed by atoms with E-state index < -0.39 is 9.84 Å². The second kappa shape index (κ2) is 6.24. The molecule has 5 nitrogen and oxygen atoms in total. The molecule has 3 fully saturated rings. The number of carbonyl (C=O) groups is 1.